The molecule has 0 aliphatic carbocycles. The third-order valence-corrected chi connectivity index (χ3v) is 6.18. The normalized spacial score (nSPS) is 13.7. The fourth-order valence-electron chi connectivity index (χ4n) is 4.06. The molecule has 0 bridgehead atoms. The molecule has 10 heteroatoms. The smallest absolute Gasteiger partial charge is 0.269 e. The first-order chi connectivity index (χ1) is 17.6. The van der Waals surface area contributed by atoms with Crippen LogP contribution in [0.5, 0.6) is 0 Å². The Morgan fingerprint density at radius 1 is 1.03 bits per heavy atom. The summed E-state index contributed by atoms with van der Waals surface area (Å²) in [4.78, 5) is 39.7. The lowest BCUT2D eigenvalue weighted by Gasteiger charge is -2.23. The number of likely N-dealkylation sites (N-methyl/N-ethyl adjacent to an activating group) is 1. The molecular weight excluding hydrogens is 494 g/mol. The van der Waals surface area contributed by atoms with E-state index in [0.29, 0.717) is 51.9 Å². The summed E-state index contributed by atoms with van der Waals surface area (Å²) in [6.07, 6.45) is 0. The van der Waals surface area contributed by atoms with E-state index in [4.69, 9.17) is 11.6 Å². The number of nitrogens with zero attached hydrogens (tertiary/aromatic N) is 3. The number of carbonyl (C=O) groups excluding carboxylic acids is 2. The number of halogens is 1. The summed E-state index contributed by atoms with van der Waals surface area (Å²) in [5.74, 6) is -0.379. The lowest BCUT2D eigenvalue weighted by Crippen LogP contribution is -2.35. The topological polar surface area (TPSA) is 108 Å². The van der Waals surface area contributed by atoms with Gasteiger partial charge in [0.05, 0.1) is 21.9 Å². The summed E-state index contributed by atoms with van der Waals surface area (Å²) in [5, 5.41) is 17.8. The molecular formula is C27H26ClN5O4. The van der Waals surface area contributed by atoms with Gasteiger partial charge >= 0.3 is 0 Å². The van der Waals surface area contributed by atoms with Crippen molar-refractivity contribution in [3.63, 3.8) is 0 Å². The summed E-state index contributed by atoms with van der Waals surface area (Å²) in [5.41, 5.74) is 4.10. The van der Waals surface area contributed by atoms with Crippen LogP contribution in [0.25, 0.3) is 11.3 Å². The summed E-state index contributed by atoms with van der Waals surface area (Å²) < 4.78 is 0. The van der Waals surface area contributed by atoms with Gasteiger partial charge in [-0.15, -0.1) is 0 Å². The Bertz CT molecular complexity index is 1380. The highest BCUT2D eigenvalue weighted by Gasteiger charge is 2.29. The number of hydrogen-bond acceptors (Lipinski definition) is 6. The van der Waals surface area contributed by atoms with E-state index >= 15 is 0 Å². The minimum Gasteiger partial charge on any atom is -0.354 e. The molecule has 1 heterocycles. The molecule has 0 radical (unpaired) electrons. The van der Waals surface area contributed by atoms with E-state index in [9.17, 15) is 19.7 Å². The number of nitro groups is 1. The molecule has 0 aromatic heterocycles. The minimum atomic E-state index is -0.473. The Balaban J connectivity index is 1.74. The molecule has 190 valence electrons. The Kier molecular flexibility index (Phi) is 7.56. The van der Waals surface area contributed by atoms with E-state index in [0.717, 1.165) is 5.69 Å². The van der Waals surface area contributed by atoms with Gasteiger partial charge in [-0.25, -0.2) is 0 Å². The molecule has 2 N–H and O–H groups in total. The van der Waals surface area contributed by atoms with E-state index in [-0.39, 0.29) is 17.5 Å². The van der Waals surface area contributed by atoms with Gasteiger partial charge in [0.15, 0.2) is 0 Å². The van der Waals surface area contributed by atoms with Crippen molar-refractivity contribution in [1.29, 1.82) is 0 Å². The average molecular weight is 520 g/mol. The second-order valence-corrected chi connectivity index (χ2v) is 9.28. The van der Waals surface area contributed by atoms with Crippen molar-refractivity contribution < 1.29 is 14.5 Å². The molecule has 0 unspecified atom stereocenters. The monoisotopic (exact) mass is 519 g/mol. The first-order valence-corrected chi connectivity index (χ1v) is 11.9. The largest absolute Gasteiger partial charge is 0.354 e. The maximum absolute atomic E-state index is 13.1. The van der Waals surface area contributed by atoms with Gasteiger partial charge in [0.25, 0.3) is 11.6 Å². The summed E-state index contributed by atoms with van der Waals surface area (Å²) in [6.45, 7) is 2.79. The zero-order valence-electron chi connectivity index (χ0n) is 20.6. The van der Waals surface area contributed by atoms with E-state index < -0.39 is 4.92 Å². The molecule has 0 saturated carbocycles. The van der Waals surface area contributed by atoms with Crippen molar-refractivity contribution in [3.05, 3.63) is 93.0 Å². The van der Waals surface area contributed by atoms with Gasteiger partial charge in [-0.3, -0.25) is 19.7 Å². The zero-order chi connectivity index (χ0) is 26.7. The van der Waals surface area contributed by atoms with Crippen molar-refractivity contribution in [3.8, 4) is 0 Å². The van der Waals surface area contributed by atoms with Crippen LogP contribution in [-0.4, -0.2) is 48.8 Å². The first kappa shape index (κ1) is 25.9. The minimum absolute atomic E-state index is 0.0532. The van der Waals surface area contributed by atoms with Gasteiger partial charge < -0.3 is 20.4 Å². The SMILES string of the molecule is CC(=O)N(CCN(C)C)c1ccc(N/C(=C2\C(=O)Nc3cc(Cl)ccc32)c2ccc([N+](=O)[O-])cc2)cc1. The number of anilines is 3. The Morgan fingerprint density at radius 3 is 2.30 bits per heavy atom. The van der Waals surface area contributed by atoms with Crippen molar-refractivity contribution >= 4 is 57.4 Å². The van der Waals surface area contributed by atoms with E-state index in [2.05, 4.69) is 10.6 Å². The molecule has 0 saturated heterocycles. The van der Waals surface area contributed by atoms with E-state index in [1.165, 1.54) is 19.1 Å². The number of hydrogen-bond donors (Lipinski definition) is 2. The van der Waals surface area contributed by atoms with Crippen LogP contribution in [0, 0.1) is 10.1 Å². The molecule has 0 atom stereocenters. The van der Waals surface area contributed by atoms with E-state index in [1.54, 1.807) is 35.2 Å². The number of nitrogens with one attached hydrogen (secondary N) is 2. The summed E-state index contributed by atoms with van der Waals surface area (Å²) >= 11 is 6.12. The number of amides is 2. The Labute approximate surface area is 219 Å². The lowest BCUT2D eigenvalue weighted by atomic mass is 10.00. The highest BCUT2D eigenvalue weighted by atomic mass is 35.5. The number of nitro benzene ring substituents is 1. The number of benzene rings is 3. The second-order valence-electron chi connectivity index (χ2n) is 8.84. The molecule has 1 aliphatic heterocycles. The molecule has 37 heavy (non-hydrogen) atoms. The molecule has 3 aromatic rings. The third kappa shape index (κ3) is 5.79. The Morgan fingerprint density at radius 2 is 1.70 bits per heavy atom. The molecule has 0 fully saturated rings. The standard InChI is InChI=1S/C27H26ClN5O4/c1-17(34)32(15-14-31(2)3)21-11-7-20(8-12-21)29-26(18-4-9-22(10-5-18)33(36)37)25-23-13-6-19(28)16-24(23)30-27(25)35/h4-13,16,29H,14-15H2,1-3H3,(H,30,35)/b26-25-. The quantitative estimate of drug-likeness (QED) is 0.244. The van der Waals surface area contributed by atoms with Crippen molar-refractivity contribution in [2.75, 3.05) is 42.7 Å². The zero-order valence-corrected chi connectivity index (χ0v) is 21.4. The lowest BCUT2D eigenvalue weighted by molar-refractivity contribution is -0.384. The van der Waals surface area contributed by atoms with Crippen LogP contribution in [0.4, 0.5) is 22.7 Å². The first-order valence-electron chi connectivity index (χ1n) is 11.5. The fourth-order valence-corrected chi connectivity index (χ4v) is 4.23. The molecule has 0 spiro atoms. The van der Waals surface area contributed by atoms with Gasteiger partial charge in [0, 0.05) is 54.1 Å². The van der Waals surface area contributed by atoms with Gasteiger partial charge in [-0.1, -0.05) is 17.7 Å². The summed E-state index contributed by atoms with van der Waals surface area (Å²) in [6, 6.07) is 18.4. The highest BCUT2D eigenvalue weighted by Crippen LogP contribution is 2.39. The van der Waals surface area contributed by atoms with Crippen molar-refractivity contribution in [2.45, 2.75) is 6.92 Å². The van der Waals surface area contributed by atoms with Crippen LogP contribution >= 0.6 is 11.6 Å². The van der Waals surface area contributed by atoms with Crippen LogP contribution in [0.2, 0.25) is 5.02 Å². The number of fused-ring (bicyclic) bond motifs is 1. The van der Waals surface area contributed by atoms with Crippen LogP contribution in [-0.2, 0) is 9.59 Å². The second kappa shape index (κ2) is 10.8. The average Bonchev–Trinajstić information content (AvgIpc) is 3.17. The van der Waals surface area contributed by atoms with Crippen LogP contribution in [0.1, 0.15) is 18.1 Å². The maximum Gasteiger partial charge on any atom is 0.269 e. The van der Waals surface area contributed by atoms with Gasteiger partial charge in [-0.2, -0.15) is 0 Å². The predicted octanol–water partition coefficient (Wildman–Crippen LogP) is 5.10. The van der Waals surface area contributed by atoms with Gasteiger partial charge in [-0.05, 0) is 68.2 Å². The molecule has 9 nitrogen and oxygen atoms in total. The highest BCUT2D eigenvalue weighted by molar-refractivity contribution is 6.38. The van der Waals surface area contributed by atoms with Crippen molar-refractivity contribution in [2.24, 2.45) is 0 Å². The van der Waals surface area contributed by atoms with Crippen molar-refractivity contribution in [1.82, 2.24) is 4.90 Å². The van der Waals surface area contributed by atoms with E-state index in [1.807, 2.05) is 43.3 Å². The number of non-ortho nitro benzene ring substituents is 1. The molecule has 4 rings (SSSR count). The molecule has 3 aromatic carbocycles. The predicted molar refractivity (Wildman–Crippen MR) is 147 cm³/mol. The van der Waals surface area contributed by atoms with Crippen LogP contribution in [0.3, 0.4) is 0 Å². The molecule has 2 amide bonds. The maximum atomic E-state index is 13.1. The number of carbonyl (C=O) groups is 2. The molecule has 1 aliphatic rings. The van der Waals surface area contributed by atoms with Crippen LogP contribution in [0.15, 0.2) is 66.7 Å². The number of rotatable bonds is 8. The van der Waals surface area contributed by atoms with Gasteiger partial charge in [0.2, 0.25) is 5.91 Å². The summed E-state index contributed by atoms with van der Waals surface area (Å²) in [7, 11) is 3.90. The third-order valence-electron chi connectivity index (χ3n) is 5.94. The fraction of sp³-hybridized carbons (Fsp3) is 0.185. The van der Waals surface area contributed by atoms with Crippen LogP contribution < -0.4 is 15.5 Å². The van der Waals surface area contributed by atoms with Gasteiger partial charge in [0.1, 0.15) is 0 Å². The Hall–Kier alpha value is -4.21.